The van der Waals surface area contributed by atoms with Gasteiger partial charge >= 0.3 is 0 Å². The molecule has 9 nitrogen and oxygen atoms in total. The number of fused-ring (bicyclic) bond motifs is 1. The average Bonchev–Trinajstić information content (AvgIpc) is 3.11. The molecule has 0 fully saturated rings. The molecule has 0 aliphatic carbocycles. The molecule has 0 aliphatic heterocycles. The Morgan fingerprint density at radius 2 is 1.86 bits per heavy atom. The van der Waals surface area contributed by atoms with Crippen molar-refractivity contribution in [3.05, 3.63) is 48.3 Å². The number of amides is 1. The second-order valence-corrected chi connectivity index (χ2v) is 7.97. The van der Waals surface area contributed by atoms with Crippen LogP contribution in [0.3, 0.4) is 0 Å². The van der Waals surface area contributed by atoms with Crippen LogP contribution >= 0.6 is 0 Å². The Morgan fingerprint density at radius 3 is 2.52 bits per heavy atom. The SMILES string of the molecule is CCN(CC)S(=O)(=O)c1ccc2nnn(OCC(=O)Nc3ccc(F)cc3)c2c1. The van der Waals surface area contributed by atoms with Gasteiger partial charge in [-0.15, -0.1) is 5.10 Å². The number of nitrogens with zero attached hydrogens (tertiary/aromatic N) is 4. The molecule has 2 aromatic carbocycles. The van der Waals surface area contributed by atoms with Crippen LogP contribution in [-0.4, -0.2) is 53.5 Å². The molecule has 11 heteroatoms. The first-order valence-corrected chi connectivity index (χ1v) is 10.3. The topological polar surface area (TPSA) is 106 Å². The lowest BCUT2D eigenvalue weighted by Crippen LogP contribution is -2.30. The van der Waals surface area contributed by atoms with Gasteiger partial charge in [-0.05, 0) is 47.7 Å². The third-order valence-electron chi connectivity index (χ3n) is 4.18. The second kappa shape index (κ2) is 8.53. The molecule has 1 N–H and O–H groups in total. The van der Waals surface area contributed by atoms with Gasteiger partial charge in [-0.1, -0.05) is 18.7 Å². The molecule has 1 amide bonds. The predicted molar refractivity (Wildman–Crippen MR) is 104 cm³/mol. The van der Waals surface area contributed by atoms with Crippen LogP contribution in [-0.2, 0) is 14.8 Å². The average molecular weight is 421 g/mol. The lowest BCUT2D eigenvalue weighted by atomic mass is 10.3. The Kier molecular flexibility index (Phi) is 6.09. The van der Waals surface area contributed by atoms with Crippen LogP contribution < -0.4 is 10.2 Å². The summed E-state index contributed by atoms with van der Waals surface area (Å²) in [5.41, 5.74) is 1.14. The normalized spacial score (nSPS) is 11.7. The Balaban J connectivity index is 1.76. The fourth-order valence-corrected chi connectivity index (χ4v) is 4.18. The first-order valence-electron chi connectivity index (χ1n) is 8.89. The number of benzene rings is 2. The molecule has 0 aliphatic rings. The fraction of sp³-hybridized carbons (Fsp3) is 0.278. The quantitative estimate of drug-likeness (QED) is 0.593. The molecule has 0 saturated carbocycles. The highest BCUT2D eigenvalue weighted by Crippen LogP contribution is 2.20. The highest BCUT2D eigenvalue weighted by Gasteiger charge is 2.23. The number of anilines is 1. The molecule has 1 aromatic heterocycles. The Morgan fingerprint density at radius 1 is 1.17 bits per heavy atom. The van der Waals surface area contributed by atoms with E-state index < -0.39 is 28.4 Å². The summed E-state index contributed by atoms with van der Waals surface area (Å²) in [4.78, 5) is 18.5. The van der Waals surface area contributed by atoms with Crippen LogP contribution in [0.5, 0.6) is 0 Å². The van der Waals surface area contributed by atoms with Crippen molar-refractivity contribution in [2.75, 3.05) is 25.0 Å². The van der Waals surface area contributed by atoms with E-state index in [0.29, 0.717) is 29.8 Å². The zero-order chi connectivity index (χ0) is 21.0. The summed E-state index contributed by atoms with van der Waals surface area (Å²) in [7, 11) is -3.66. The highest BCUT2D eigenvalue weighted by atomic mass is 32.2. The van der Waals surface area contributed by atoms with Crippen molar-refractivity contribution < 1.29 is 22.4 Å². The van der Waals surface area contributed by atoms with E-state index in [1.807, 2.05) is 0 Å². The van der Waals surface area contributed by atoms with Crippen LogP contribution in [0.4, 0.5) is 10.1 Å². The van der Waals surface area contributed by atoms with Crippen molar-refractivity contribution in [3.63, 3.8) is 0 Å². The smallest absolute Gasteiger partial charge is 0.265 e. The van der Waals surface area contributed by atoms with Crippen molar-refractivity contribution in [3.8, 4) is 0 Å². The van der Waals surface area contributed by atoms with E-state index in [2.05, 4.69) is 15.6 Å². The molecular formula is C18H20FN5O4S. The second-order valence-electron chi connectivity index (χ2n) is 6.03. The molecule has 29 heavy (non-hydrogen) atoms. The third-order valence-corrected chi connectivity index (χ3v) is 6.22. The van der Waals surface area contributed by atoms with Gasteiger partial charge < -0.3 is 10.2 Å². The van der Waals surface area contributed by atoms with Gasteiger partial charge in [0.2, 0.25) is 10.0 Å². The van der Waals surface area contributed by atoms with Gasteiger partial charge in [-0.3, -0.25) is 4.79 Å². The fourth-order valence-electron chi connectivity index (χ4n) is 2.70. The van der Waals surface area contributed by atoms with E-state index >= 15 is 0 Å². The molecule has 0 saturated heterocycles. The van der Waals surface area contributed by atoms with Crippen LogP contribution in [0.2, 0.25) is 0 Å². The standard InChI is InChI=1S/C18H20FN5O4S/c1-3-23(4-2)29(26,27)15-9-10-16-17(11-15)24(22-21-16)28-12-18(25)20-14-7-5-13(19)6-8-14/h5-11H,3-4,12H2,1-2H3,(H,20,25). The van der Waals surface area contributed by atoms with Crippen LogP contribution in [0.1, 0.15) is 13.8 Å². The van der Waals surface area contributed by atoms with Gasteiger partial charge in [-0.2, -0.15) is 4.31 Å². The Bertz CT molecular complexity index is 1110. The van der Waals surface area contributed by atoms with E-state index in [-0.39, 0.29) is 4.90 Å². The summed E-state index contributed by atoms with van der Waals surface area (Å²) in [6.45, 7) is 3.80. The molecule has 0 atom stereocenters. The van der Waals surface area contributed by atoms with Gasteiger partial charge in [0.25, 0.3) is 5.91 Å². The first kappa shape index (κ1) is 20.7. The van der Waals surface area contributed by atoms with Crippen molar-refractivity contribution >= 4 is 32.7 Å². The molecule has 3 aromatic rings. The number of sulfonamides is 1. The summed E-state index contributed by atoms with van der Waals surface area (Å²) in [6, 6.07) is 9.66. The number of carbonyl (C=O) groups is 1. The van der Waals surface area contributed by atoms with Gasteiger partial charge in [0.05, 0.1) is 4.90 Å². The zero-order valence-electron chi connectivity index (χ0n) is 15.9. The summed E-state index contributed by atoms with van der Waals surface area (Å²) < 4.78 is 39.7. The summed E-state index contributed by atoms with van der Waals surface area (Å²) >= 11 is 0. The van der Waals surface area contributed by atoms with Crippen LogP contribution in [0.25, 0.3) is 11.0 Å². The van der Waals surface area contributed by atoms with Gasteiger partial charge in [0.15, 0.2) is 6.61 Å². The summed E-state index contributed by atoms with van der Waals surface area (Å²) in [6.07, 6.45) is 0. The van der Waals surface area contributed by atoms with Crippen molar-refractivity contribution in [2.24, 2.45) is 0 Å². The van der Waals surface area contributed by atoms with Crippen LogP contribution in [0, 0.1) is 5.82 Å². The monoisotopic (exact) mass is 421 g/mol. The van der Waals surface area contributed by atoms with E-state index in [1.165, 1.54) is 46.8 Å². The minimum absolute atomic E-state index is 0.0802. The highest BCUT2D eigenvalue weighted by molar-refractivity contribution is 7.89. The van der Waals surface area contributed by atoms with Crippen molar-refractivity contribution in [2.45, 2.75) is 18.7 Å². The maximum absolute atomic E-state index is 12.9. The molecule has 1 heterocycles. The number of nitrogens with one attached hydrogen (secondary N) is 1. The van der Waals surface area contributed by atoms with Crippen molar-refractivity contribution in [1.82, 2.24) is 19.5 Å². The Labute approximate surface area is 167 Å². The van der Waals surface area contributed by atoms with E-state index in [9.17, 15) is 17.6 Å². The first-order chi connectivity index (χ1) is 13.8. The van der Waals surface area contributed by atoms with Crippen molar-refractivity contribution in [1.29, 1.82) is 0 Å². The maximum atomic E-state index is 12.9. The van der Waals surface area contributed by atoms with E-state index in [0.717, 1.165) is 4.85 Å². The molecule has 154 valence electrons. The minimum Gasteiger partial charge on any atom is -0.385 e. The van der Waals surface area contributed by atoms with Gasteiger partial charge in [0, 0.05) is 18.8 Å². The molecule has 0 radical (unpaired) electrons. The molecule has 0 unspecified atom stereocenters. The molecular weight excluding hydrogens is 401 g/mol. The van der Waals surface area contributed by atoms with Crippen LogP contribution in [0.15, 0.2) is 47.4 Å². The largest absolute Gasteiger partial charge is 0.385 e. The number of carbonyl (C=O) groups excluding carboxylic acids is 1. The maximum Gasteiger partial charge on any atom is 0.265 e. The third kappa shape index (κ3) is 4.51. The number of hydrogen-bond donors (Lipinski definition) is 1. The zero-order valence-corrected chi connectivity index (χ0v) is 16.7. The van der Waals surface area contributed by atoms with E-state index in [4.69, 9.17) is 4.84 Å². The van der Waals surface area contributed by atoms with Gasteiger partial charge in [0.1, 0.15) is 16.9 Å². The lowest BCUT2D eigenvalue weighted by Gasteiger charge is -2.18. The predicted octanol–water partition coefficient (Wildman–Crippen LogP) is 1.67. The number of halogens is 1. The number of rotatable bonds is 8. The molecule has 3 rings (SSSR count). The number of aromatic nitrogens is 3. The van der Waals surface area contributed by atoms with Gasteiger partial charge in [-0.25, -0.2) is 12.8 Å². The molecule has 0 spiro atoms. The lowest BCUT2D eigenvalue weighted by molar-refractivity contribution is -0.121. The number of hydrogen-bond acceptors (Lipinski definition) is 6. The molecule has 0 bridgehead atoms. The Hall–Kier alpha value is -3.05. The summed E-state index contributed by atoms with van der Waals surface area (Å²) in [5, 5.41) is 10.3. The minimum atomic E-state index is -3.66. The summed E-state index contributed by atoms with van der Waals surface area (Å²) in [5.74, 6) is -0.907. The van der Waals surface area contributed by atoms with E-state index in [1.54, 1.807) is 13.8 Å².